The fraction of sp³-hybridized carbons (Fsp3) is 0.571. The predicted molar refractivity (Wildman–Crippen MR) is 70.3 cm³/mol. The van der Waals surface area contributed by atoms with Crippen LogP contribution in [0.15, 0.2) is 12.1 Å². The standard InChI is InChI=1S/C14H22O4/c1-11-9-13(17-7-3-5-15)10-12(2)14(11)18-8-4-6-16/h9-10,15-16H,3-8H2,1-2H3. The highest BCUT2D eigenvalue weighted by atomic mass is 16.5. The third kappa shape index (κ3) is 4.55. The molecule has 0 bridgehead atoms. The normalized spacial score (nSPS) is 10.4. The zero-order valence-corrected chi connectivity index (χ0v) is 11.1. The van der Waals surface area contributed by atoms with Gasteiger partial charge in [0.2, 0.25) is 0 Å². The highest BCUT2D eigenvalue weighted by Gasteiger charge is 2.07. The fourth-order valence-electron chi connectivity index (χ4n) is 1.71. The van der Waals surface area contributed by atoms with Gasteiger partial charge in [0.05, 0.1) is 13.2 Å². The van der Waals surface area contributed by atoms with E-state index in [2.05, 4.69) is 0 Å². The zero-order valence-electron chi connectivity index (χ0n) is 11.1. The molecule has 18 heavy (non-hydrogen) atoms. The maximum Gasteiger partial charge on any atom is 0.125 e. The largest absolute Gasteiger partial charge is 0.493 e. The van der Waals surface area contributed by atoms with Crippen molar-refractivity contribution in [2.75, 3.05) is 26.4 Å². The number of rotatable bonds is 8. The van der Waals surface area contributed by atoms with Crippen molar-refractivity contribution in [3.63, 3.8) is 0 Å². The Bertz CT molecular complexity index is 340. The summed E-state index contributed by atoms with van der Waals surface area (Å²) in [5.74, 6) is 1.66. The van der Waals surface area contributed by atoms with Crippen molar-refractivity contribution in [3.05, 3.63) is 23.3 Å². The maximum absolute atomic E-state index is 8.73. The molecule has 0 aromatic heterocycles. The minimum absolute atomic E-state index is 0.139. The number of benzene rings is 1. The Hall–Kier alpha value is -1.26. The summed E-state index contributed by atoms with van der Waals surface area (Å²) in [6.07, 6.45) is 1.26. The molecule has 1 aromatic carbocycles. The molecule has 0 aliphatic heterocycles. The molecule has 0 saturated carbocycles. The third-order valence-electron chi connectivity index (χ3n) is 2.55. The molecular weight excluding hydrogens is 232 g/mol. The molecule has 1 rings (SSSR count). The maximum atomic E-state index is 8.73. The van der Waals surface area contributed by atoms with Crippen LogP contribution in [0.4, 0.5) is 0 Å². The Balaban J connectivity index is 2.65. The van der Waals surface area contributed by atoms with E-state index < -0.39 is 0 Å². The Morgan fingerprint density at radius 2 is 1.39 bits per heavy atom. The second-order valence-electron chi connectivity index (χ2n) is 4.24. The van der Waals surface area contributed by atoms with Crippen molar-refractivity contribution in [3.8, 4) is 11.5 Å². The van der Waals surface area contributed by atoms with Crippen LogP contribution in [-0.4, -0.2) is 36.6 Å². The smallest absolute Gasteiger partial charge is 0.125 e. The van der Waals surface area contributed by atoms with Gasteiger partial charge >= 0.3 is 0 Å². The molecule has 0 aliphatic carbocycles. The van der Waals surface area contributed by atoms with Crippen molar-refractivity contribution in [2.45, 2.75) is 26.7 Å². The van der Waals surface area contributed by atoms with E-state index in [1.54, 1.807) is 0 Å². The topological polar surface area (TPSA) is 58.9 Å². The van der Waals surface area contributed by atoms with E-state index in [0.29, 0.717) is 26.1 Å². The molecule has 102 valence electrons. The molecule has 0 heterocycles. The van der Waals surface area contributed by atoms with E-state index in [-0.39, 0.29) is 13.2 Å². The van der Waals surface area contributed by atoms with Crippen molar-refractivity contribution < 1.29 is 19.7 Å². The lowest BCUT2D eigenvalue weighted by Crippen LogP contribution is -2.04. The van der Waals surface area contributed by atoms with Crippen molar-refractivity contribution in [1.29, 1.82) is 0 Å². The van der Waals surface area contributed by atoms with Gasteiger partial charge in [-0.1, -0.05) is 0 Å². The summed E-state index contributed by atoms with van der Waals surface area (Å²) in [4.78, 5) is 0. The van der Waals surface area contributed by atoms with Crippen LogP contribution in [0.1, 0.15) is 24.0 Å². The number of aliphatic hydroxyl groups is 2. The average molecular weight is 254 g/mol. The second kappa shape index (κ2) is 7.95. The summed E-state index contributed by atoms with van der Waals surface area (Å²) in [7, 11) is 0. The molecule has 2 N–H and O–H groups in total. The van der Waals surface area contributed by atoms with E-state index in [0.717, 1.165) is 22.6 Å². The minimum Gasteiger partial charge on any atom is -0.493 e. The Morgan fingerprint density at radius 1 is 0.889 bits per heavy atom. The second-order valence-corrected chi connectivity index (χ2v) is 4.24. The zero-order chi connectivity index (χ0) is 13.4. The first-order valence-electron chi connectivity index (χ1n) is 6.27. The molecule has 0 aliphatic rings. The van der Waals surface area contributed by atoms with Crippen LogP contribution < -0.4 is 9.47 Å². The van der Waals surface area contributed by atoms with Crippen LogP contribution in [0.2, 0.25) is 0 Å². The molecule has 0 spiro atoms. The van der Waals surface area contributed by atoms with Gasteiger partial charge in [0.25, 0.3) is 0 Å². The van der Waals surface area contributed by atoms with Gasteiger partial charge in [-0.3, -0.25) is 0 Å². The van der Waals surface area contributed by atoms with Gasteiger partial charge in [-0.25, -0.2) is 0 Å². The molecule has 0 radical (unpaired) electrons. The number of hydrogen-bond donors (Lipinski definition) is 2. The lowest BCUT2D eigenvalue weighted by molar-refractivity contribution is 0.229. The van der Waals surface area contributed by atoms with Crippen molar-refractivity contribution >= 4 is 0 Å². The Kier molecular flexibility index (Phi) is 6.54. The summed E-state index contributed by atoms with van der Waals surface area (Å²) >= 11 is 0. The Morgan fingerprint density at radius 3 is 1.89 bits per heavy atom. The first kappa shape index (κ1) is 14.8. The van der Waals surface area contributed by atoms with Gasteiger partial charge in [-0.2, -0.15) is 0 Å². The van der Waals surface area contributed by atoms with Crippen molar-refractivity contribution in [1.82, 2.24) is 0 Å². The summed E-state index contributed by atoms with van der Waals surface area (Å²) in [6, 6.07) is 3.86. The first-order chi connectivity index (χ1) is 8.69. The van der Waals surface area contributed by atoms with Gasteiger partial charge in [0.1, 0.15) is 11.5 Å². The van der Waals surface area contributed by atoms with Crippen LogP contribution in [0.3, 0.4) is 0 Å². The predicted octanol–water partition coefficient (Wildman–Crippen LogP) is 1.83. The Labute approximate surface area is 108 Å². The van der Waals surface area contributed by atoms with E-state index in [1.165, 1.54) is 0 Å². The summed E-state index contributed by atoms with van der Waals surface area (Å²) in [6.45, 7) is 5.25. The molecular formula is C14H22O4. The molecule has 0 saturated heterocycles. The molecule has 0 amide bonds. The quantitative estimate of drug-likeness (QED) is 0.695. The molecule has 4 nitrogen and oxygen atoms in total. The number of aryl methyl sites for hydroxylation is 2. The summed E-state index contributed by atoms with van der Waals surface area (Å²) in [5, 5.41) is 17.4. The van der Waals surface area contributed by atoms with Gasteiger partial charge in [0.15, 0.2) is 0 Å². The van der Waals surface area contributed by atoms with Crippen LogP contribution in [0, 0.1) is 13.8 Å². The van der Waals surface area contributed by atoms with E-state index >= 15 is 0 Å². The van der Waals surface area contributed by atoms with Crippen LogP contribution in [-0.2, 0) is 0 Å². The molecule has 4 heteroatoms. The number of hydrogen-bond acceptors (Lipinski definition) is 4. The van der Waals surface area contributed by atoms with E-state index in [9.17, 15) is 0 Å². The number of ether oxygens (including phenoxy) is 2. The fourth-order valence-corrected chi connectivity index (χ4v) is 1.71. The van der Waals surface area contributed by atoms with E-state index in [4.69, 9.17) is 19.7 Å². The lowest BCUT2D eigenvalue weighted by Gasteiger charge is -2.14. The molecule has 0 unspecified atom stereocenters. The van der Waals surface area contributed by atoms with Crippen molar-refractivity contribution in [2.24, 2.45) is 0 Å². The third-order valence-corrected chi connectivity index (χ3v) is 2.55. The highest BCUT2D eigenvalue weighted by molar-refractivity contribution is 5.45. The summed E-state index contributed by atoms with van der Waals surface area (Å²) < 4.78 is 11.2. The van der Waals surface area contributed by atoms with Crippen LogP contribution in [0.5, 0.6) is 11.5 Å². The molecule has 0 fully saturated rings. The average Bonchev–Trinajstić information content (AvgIpc) is 2.33. The monoisotopic (exact) mass is 254 g/mol. The lowest BCUT2D eigenvalue weighted by atomic mass is 10.1. The highest BCUT2D eigenvalue weighted by Crippen LogP contribution is 2.28. The van der Waals surface area contributed by atoms with Crippen LogP contribution in [0.25, 0.3) is 0 Å². The minimum atomic E-state index is 0.139. The van der Waals surface area contributed by atoms with Gasteiger partial charge in [-0.05, 0) is 37.1 Å². The van der Waals surface area contributed by atoms with Gasteiger partial charge in [0, 0.05) is 26.1 Å². The van der Waals surface area contributed by atoms with Gasteiger partial charge in [-0.15, -0.1) is 0 Å². The van der Waals surface area contributed by atoms with Gasteiger partial charge < -0.3 is 19.7 Å². The van der Waals surface area contributed by atoms with Crippen LogP contribution >= 0.6 is 0 Å². The summed E-state index contributed by atoms with van der Waals surface area (Å²) in [5.41, 5.74) is 2.04. The first-order valence-corrected chi connectivity index (χ1v) is 6.27. The molecule has 1 aromatic rings. The molecule has 0 atom stereocenters. The SMILES string of the molecule is Cc1cc(OCCCO)cc(C)c1OCCCO. The number of aliphatic hydroxyl groups excluding tert-OH is 2. The van der Waals surface area contributed by atoms with E-state index in [1.807, 2.05) is 26.0 Å².